The fraction of sp³-hybridized carbons (Fsp3) is 0.545. The van der Waals surface area contributed by atoms with E-state index in [-0.39, 0.29) is 11.9 Å². The summed E-state index contributed by atoms with van der Waals surface area (Å²) in [4.78, 5) is 14.9. The Balaban J connectivity index is 1.39. The van der Waals surface area contributed by atoms with Crippen molar-refractivity contribution >= 4 is 5.91 Å². The number of likely N-dealkylation sites (tertiary alicyclic amines) is 1. The van der Waals surface area contributed by atoms with E-state index in [1.54, 1.807) is 6.20 Å². The summed E-state index contributed by atoms with van der Waals surface area (Å²) in [7, 11) is 0. The van der Waals surface area contributed by atoms with Crippen LogP contribution in [0.2, 0.25) is 0 Å². The van der Waals surface area contributed by atoms with Gasteiger partial charge in [0.15, 0.2) is 11.5 Å². The Labute approximate surface area is 176 Å². The van der Waals surface area contributed by atoms with Crippen molar-refractivity contribution in [3.63, 3.8) is 0 Å². The first-order valence-corrected chi connectivity index (χ1v) is 10.8. The van der Waals surface area contributed by atoms with Crippen LogP contribution in [-0.2, 0) is 11.3 Å². The minimum atomic E-state index is -0.823. The Hall–Kier alpha value is -2.58. The SMILES string of the molecule is O=C(CCCn1cccn1)N[C@H](CN1CCCC1)C(O)c1ccc2c(c1)OCCO2. The quantitative estimate of drug-likeness (QED) is 0.650. The number of nitrogens with one attached hydrogen (secondary N) is 1. The van der Waals surface area contributed by atoms with Crippen molar-refractivity contribution in [2.75, 3.05) is 32.8 Å². The molecule has 8 heteroatoms. The maximum atomic E-state index is 12.6. The Morgan fingerprint density at radius 1 is 1.20 bits per heavy atom. The maximum Gasteiger partial charge on any atom is 0.220 e. The molecule has 2 aliphatic rings. The largest absolute Gasteiger partial charge is 0.486 e. The lowest BCUT2D eigenvalue weighted by molar-refractivity contribution is -0.123. The van der Waals surface area contributed by atoms with E-state index in [1.165, 1.54) is 0 Å². The molecule has 1 unspecified atom stereocenters. The molecule has 162 valence electrons. The first-order valence-electron chi connectivity index (χ1n) is 10.8. The van der Waals surface area contributed by atoms with Crippen LogP contribution in [0.3, 0.4) is 0 Å². The number of aryl methyl sites for hydroxylation is 1. The number of hydrogen-bond acceptors (Lipinski definition) is 6. The molecule has 0 saturated carbocycles. The van der Waals surface area contributed by atoms with Crippen LogP contribution in [0.15, 0.2) is 36.7 Å². The molecule has 8 nitrogen and oxygen atoms in total. The fourth-order valence-corrected chi connectivity index (χ4v) is 4.06. The molecule has 4 rings (SSSR count). The van der Waals surface area contributed by atoms with Gasteiger partial charge in [-0.3, -0.25) is 9.48 Å². The lowest BCUT2D eigenvalue weighted by Gasteiger charge is -2.29. The van der Waals surface area contributed by atoms with Crippen LogP contribution in [0.4, 0.5) is 0 Å². The molecule has 30 heavy (non-hydrogen) atoms. The van der Waals surface area contributed by atoms with Gasteiger partial charge in [-0.15, -0.1) is 0 Å². The predicted octanol–water partition coefficient (Wildman–Crippen LogP) is 1.75. The maximum absolute atomic E-state index is 12.6. The number of carbonyl (C=O) groups is 1. The molecule has 1 saturated heterocycles. The zero-order chi connectivity index (χ0) is 20.8. The van der Waals surface area contributed by atoms with Crippen LogP contribution in [-0.4, -0.2) is 64.6 Å². The van der Waals surface area contributed by atoms with Crippen LogP contribution in [0, 0.1) is 0 Å². The zero-order valence-corrected chi connectivity index (χ0v) is 17.2. The second-order valence-corrected chi connectivity index (χ2v) is 7.90. The van der Waals surface area contributed by atoms with Gasteiger partial charge >= 0.3 is 0 Å². The molecule has 0 bridgehead atoms. The van der Waals surface area contributed by atoms with Crippen LogP contribution in [0.1, 0.15) is 37.4 Å². The van der Waals surface area contributed by atoms with Gasteiger partial charge in [0.25, 0.3) is 0 Å². The number of aliphatic hydroxyl groups is 1. The Bertz CT molecular complexity index is 821. The summed E-state index contributed by atoms with van der Waals surface area (Å²) in [5.41, 5.74) is 0.722. The summed E-state index contributed by atoms with van der Waals surface area (Å²) in [5.74, 6) is 1.28. The molecule has 0 aliphatic carbocycles. The highest BCUT2D eigenvalue weighted by atomic mass is 16.6. The fourth-order valence-electron chi connectivity index (χ4n) is 4.06. The summed E-state index contributed by atoms with van der Waals surface area (Å²) in [6, 6.07) is 6.98. The van der Waals surface area contributed by atoms with Gasteiger partial charge in [-0.25, -0.2) is 0 Å². The number of carbonyl (C=O) groups excluding carboxylic acids is 1. The van der Waals surface area contributed by atoms with Crippen LogP contribution in [0.5, 0.6) is 11.5 Å². The highest BCUT2D eigenvalue weighted by molar-refractivity contribution is 5.76. The van der Waals surface area contributed by atoms with Crippen molar-refractivity contribution in [1.29, 1.82) is 0 Å². The Morgan fingerprint density at radius 2 is 2.00 bits per heavy atom. The molecule has 0 radical (unpaired) electrons. The summed E-state index contributed by atoms with van der Waals surface area (Å²) >= 11 is 0. The lowest BCUT2D eigenvalue weighted by Crippen LogP contribution is -2.46. The molecule has 2 aromatic rings. The van der Waals surface area contributed by atoms with Gasteiger partial charge in [-0.05, 0) is 56.1 Å². The summed E-state index contributed by atoms with van der Waals surface area (Å²) < 4.78 is 13.0. The summed E-state index contributed by atoms with van der Waals surface area (Å²) in [5, 5.41) is 18.3. The number of aliphatic hydroxyl groups excluding tert-OH is 1. The second kappa shape index (κ2) is 9.95. The average Bonchev–Trinajstić information content (AvgIpc) is 3.47. The number of nitrogens with zero attached hydrogens (tertiary/aromatic N) is 3. The van der Waals surface area contributed by atoms with Crippen LogP contribution in [0.25, 0.3) is 0 Å². The number of aromatic nitrogens is 2. The Kier molecular flexibility index (Phi) is 6.86. The third kappa shape index (κ3) is 5.31. The topological polar surface area (TPSA) is 88.9 Å². The van der Waals surface area contributed by atoms with E-state index in [2.05, 4.69) is 15.3 Å². The first-order chi connectivity index (χ1) is 14.7. The van der Waals surface area contributed by atoms with E-state index in [4.69, 9.17) is 9.47 Å². The van der Waals surface area contributed by atoms with Crippen LogP contribution < -0.4 is 14.8 Å². The molecule has 3 heterocycles. The summed E-state index contributed by atoms with van der Waals surface area (Å²) in [6.07, 6.45) is 6.20. The van der Waals surface area contributed by atoms with E-state index in [1.807, 2.05) is 35.1 Å². The van der Waals surface area contributed by atoms with Crippen molar-refractivity contribution in [1.82, 2.24) is 20.0 Å². The minimum absolute atomic E-state index is 0.0528. The third-order valence-corrected chi connectivity index (χ3v) is 5.64. The molecule has 1 aromatic heterocycles. The number of rotatable bonds is 9. The van der Waals surface area contributed by atoms with Gasteiger partial charge in [0, 0.05) is 31.9 Å². The standard InChI is InChI=1S/C22H30N4O4/c27-21(5-3-11-26-12-4-8-23-26)24-18(16-25-9-1-2-10-25)22(28)17-6-7-19-20(15-17)30-14-13-29-19/h4,6-8,12,15,18,22,28H,1-3,5,9-11,13-14,16H2,(H,24,27)/t18-,22?/m1/s1. The number of hydrogen-bond donors (Lipinski definition) is 2. The lowest BCUT2D eigenvalue weighted by atomic mass is 10.0. The monoisotopic (exact) mass is 414 g/mol. The average molecular weight is 415 g/mol. The minimum Gasteiger partial charge on any atom is -0.486 e. The van der Waals surface area contributed by atoms with Gasteiger partial charge in [-0.1, -0.05) is 6.07 Å². The zero-order valence-electron chi connectivity index (χ0n) is 17.2. The highest BCUT2D eigenvalue weighted by Crippen LogP contribution is 2.33. The van der Waals surface area contributed by atoms with Gasteiger partial charge in [0.05, 0.1) is 6.04 Å². The molecular weight excluding hydrogens is 384 g/mol. The number of benzene rings is 1. The highest BCUT2D eigenvalue weighted by Gasteiger charge is 2.27. The van der Waals surface area contributed by atoms with Crippen molar-refractivity contribution in [2.24, 2.45) is 0 Å². The Morgan fingerprint density at radius 3 is 2.77 bits per heavy atom. The van der Waals surface area contributed by atoms with Gasteiger partial charge in [0.1, 0.15) is 19.3 Å². The van der Waals surface area contributed by atoms with Gasteiger partial charge in [0.2, 0.25) is 5.91 Å². The van der Waals surface area contributed by atoms with Crippen molar-refractivity contribution in [3.05, 3.63) is 42.2 Å². The predicted molar refractivity (Wildman–Crippen MR) is 111 cm³/mol. The molecule has 2 atom stereocenters. The van der Waals surface area contributed by atoms with E-state index in [0.29, 0.717) is 50.6 Å². The van der Waals surface area contributed by atoms with E-state index in [9.17, 15) is 9.90 Å². The molecule has 1 amide bonds. The molecule has 2 aliphatic heterocycles. The molecule has 2 N–H and O–H groups in total. The number of fused-ring (bicyclic) bond motifs is 1. The number of amides is 1. The van der Waals surface area contributed by atoms with Crippen LogP contribution >= 0.6 is 0 Å². The van der Waals surface area contributed by atoms with E-state index < -0.39 is 6.10 Å². The summed E-state index contributed by atoms with van der Waals surface area (Å²) in [6.45, 7) is 4.35. The molecular formula is C22H30N4O4. The van der Waals surface area contributed by atoms with Gasteiger partial charge < -0.3 is 24.8 Å². The van der Waals surface area contributed by atoms with Gasteiger partial charge in [-0.2, -0.15) is 5.10 Å². The normalized spacial score (nSPS) is 18.2. The second-order valence-electron chi connectivity index (χ2n) is 7.90. The third-order valence-electron chi connectivity index (χ3n) is 5.64. The van der Waals surface area contributed by atoms with Crippen molar-refractivity contribution < 1.29 is 19.4 Å². The molecule has 1 aromatic carbocycles. The number of ether oxygens (including phenoxy) is 2. The molecule has 1 fully saturated rings. The first kappa shape index (κ1) is 20.7. The van der Waals surface area contributed by atoms with E-state index >= 15 is 0 Å². The van der Waals surface area contributed by atoms with Crippen molar-refractivity contribution in [3.8, 4) is 11.5 Å². The smallest absolute Gasteiger partial charge is 0.220 e. The van der Waals surface area contributed by atoms with Crippen molar-refractivity contribution in [2.45, 2.75) is 44.4 Å². The van der Waals surface area contributed by atoms with E-state index in [0.717, 1.165) is 31.5 Å². The molecule has 0 spiro atoms.